The average Bonchev–Trinajstić information content (AvgIpc) is 3.00. The maximum absolute atomic E-state index is 14.4. The van der Waals surface area contributed by atoms with Crippen molar-refractivity contribution in [2.24, 2.45) is 0 Å². The van der Waals surface area contributed by atoms with Crippen molar-refractivity contribution < 1.29 is 28.2 Å². The van der Waals surface area contributed by atoms with Gasteiger partial charge in [-0.25, -0.2) is 9.18 Å². The van der Waals surface area contributed by atoms with Crippen LogP contribution in [0.5, 0.6) is 5.88 Å². The molecule has 1 aromatic heterocycles. The monoisotopic (exact) mass is 668 g/mol. The molecule has 2 amide bonds. The van der Waals surface area contributed by atoms with Crippen LogP contribution in [0.3, 0.4) is 0 Å². The lowest BCUT2D eigenvalue weighted by Gasteiger charge is -2.49. The number of halogens is 1. The van der Waals surface area contributed by atoms with Crippen LogP contribution in [0.2, 0.25) is 0 Å². The van der Waals surface area contributed by atoms with Crippen LogP contribution in [0.4, 0.5) is 20.7 Å². The van der Waals surface area contributed by atoms with Gasteiger partial charge < -0.3 is 29.3 Å². The van der Waals surface area contributed by atoms with Crippen LogP contribution in [0, 0.1) is 5.82 Å². The standard InChI is InChI=1S/C36H53FN6O5/c1-9-38-33-28(14-27-10-12-29(37)13-11-27)15-31-34(39-33)47-22-26(5)43(31)32(44)19-40-16-23(2)42(35(45)48-36(6,7)8)18-30(40)17-41-24(3)20-46-21-25(41)4/h10-13,15,23-26,30H,9,14,16-22H2,1-8H3,(H,38,39)/t23-,24-,25-,26+,30+/m1/s1. The van der Waals surface area contributed by atoms with E-state index in [2.05, 4.69) is 29.0 Å². The second-order valence-corrected chi connectivity index (χ2v) is 14.6. The van der Waals surface area contributed by atoms with Crippen LogP contribution in [0.25, 0.3) is 0 Å². The molecule has 4 heterocycles. The SMILES string of the molecule is CCNc1nc2c(cc1Cc1ccc(F)cc1)N(C(=O)CN1C[C@@H](C)N(C(=O)OC(C)(C)C)C[C@@H]1CN1[C@H](C)COC[C@H]1C)[C@@H](C)CO2. The molecule has 0 saturated carbocycles. The summed E-state index contributed by atoms with van der Waals surface area (Å²) in [6.07, 6.45) is 0.183. The highest BCUT2D eigenvalue weighted by Crippen LogP contribution is 2.37. The van der Waals surface area contributed by atoms with E-state index in [9.17, 15) is 14.0 Å². The van der Waals surface area contributed by atoms with Gasteiger partial charge >= 0.3 is 6.09 Å². The van der Waals surface area contributed by atoms with Gasteiger partial charge in [0.05, 0.1) is 25.8 Å². The van der Waals surface area contributed by atoms with Gasteiger partial charge in [0.25, 0.3) is 0 Å². The zero-order chi connectivity index (χ0) is 34.7. The number of hydrogen-bond acceptors (Lipinski definition) is 9. The highest BCUT2D eigenvalue weighted by Gasteiger charge is 2.41. The van der Waals surface area contributed by atoms with Gasteiger partial charge in [-0.1, -0.05) is 12.1 Å². The minimum atomic E-state index is -0.609. The average molecular weight is 669 g/mol. The van der Waals surface area contributed by atoms with E-state index in [0.29, 0.717) is 69.8 Å². The van der Waals surface area contributed by atoms with E-state index < -0.39 is 5.60 Å². The second-order valence-electron chi connectivity index (χ2n) is 14.6. The molecule has 5 rings (SSSR count). The zero-order valence-electron chi connectivity index (χ0n) is 29.8. The van der Waals surface area contributed by atoms with Crippen LogP contribution < -0.4 is 15.0 Å². The first-order chi connectivity index (χ1) is 22.7. The van der Waals surface area contributed by atoms with Gasteiger partial charge in [-0.05, 0) is 79.2 Å². The second kappa shape index (κ2) is 15.0. The summed E-state index contributed by atoms with van der Waals surface area (Å²) in [5, 5.41) is 3.33. The van der Waals surface area contributed by atoms with Gasteiger partial charge in [0.1, 0.15) is 29.5 Å². The van der Waals surface area contributed by atoms with E-state index >= 15 is 0 Å². The smallest absolute Gasteiger partial charge is 0.410 e. The van der Waals surface area contributed by atoms with Crippen molar-refractivity contribution in [3.8, 4) is 5.88 Å². The highest BCUT2D eigenvalue weighted by molar-refractivity contribution is 5.97. The third-order valence-electron chi connectivity index (χ3n) is 9.32. The van der Waals surface area contributed by atoms with E-state index in [4.69, 9.17) is 19.2 Å². The predicted molar refractivity (Wildman–Crippen MR) is 184 cm³/mol. The van der Waals surface area contributed by atoms with Crippen molar-refractivity contribution in [3.05, 3.63) is 47.3 Å². The minimum absolute atomic E-state index is 0.0521. The Morgan fingerprint density at radius 3 is 2.33 bits per heavy atom. The fourth-order valence-corrected chi connectivity index (χ4v) is 6.91. The van der Waals surface area contributed by atoms with E-state index in [0.717, 1.165) is 11.1 Å². The van der Waals surface area contributed by atoms with E-state index in [-0.39, 0.29) is 54.6 Å². The zero-order valence-corrected chi connectivity index (χ0v) is 29.8. The molecule has 48 heavy (non-hydrogen) atoms. The van der Waals surface area contributed by atoms with Gasteiger partial charge in [-0.3, -0.25) is 14.6 Å². The van der Waals surface area contributed by atoms with Gasteiger partial charge in [-0.15, -0.1) is 0 Å². The molecule has 0 unspecified atom stereocenters. The quantitative estimate of drug-likeness (QED) is 0.426. The van der Waals surface area contributed by atoms with Crippen LogP contribution in [-0.4, -0.2) is 120 Å². The minimum Gasteiger partial charge on any atom is -0.474 e. The number of carbonyl (C=O) groups excluding carboxylic acids is 2. The number of pyridine rings is 1. The lowest BCUT2D eigenvalue weighted by molar-refractivity contribution is -0.123. The number of aromatic nitrogens is 1. The molecule has 0 bridgehead atoms. The largest absolute Gasteiger partial charge is 0.474 e. The van der Waals surface area contributed by atoms with Crippen LogP contribution >= 0.6 is 0 Å². The predicted octanol–water partition coefficient (Wildman–Crippen LogP) is 4.78. The van der Waals surface area contributed by atoms with Crippen molar-refractivity contribution in [2.75, 3.05) is 62.8 Å². The topological polar surface area (TPSA) is 99.7 Å². The molecule has 11 nitrogen and oxygen atoms in total. The Morgan fingerprint density at radius 2 is 1.69 bits per heavy atom. The molecule has 2 aromatic rings. The number of amides is 2. The Labute approximate surface area is 284 Å². The number of nitrogens with one attached hydrogen (secondary N) is 1. The number of carbonyl (C=O) groups is 2. The molecular weight excluding hydrogens is 615 g/mol. The van der Waals surface area contributed by atoms with Crippen LogP contribution in [0.15, 0.2) is 30.3 Å². The van der Waals surface area contributed by atoms with Gasteiger partial charge in [0.15, 0.2) is 0 Å². The molecule has 5 atom stereocenters. The Morgan fingerprint density at radius 1 is 1.00 bits per heavy atom. The summed E-state index contributed by atoms with van der Waals surface area (Å²) in [5.74, 6) is 0.758. The Balaban J connectivity index is 1.42. The summed E-state index contributed by atoms with van der Waals surface area (Å²) in [6.45, 7) is 20.1. The van der Waals surface area contributed by atoms with Gasteiger partial charge in [-0.2, -0.15) is 4.98 Å². The van der Waals surface area contributed by atoms with E-state index in [1.54, 1.807) is 12.1 Å². The maximum Gasteiger partial charge on any atom is 0.410 e. The van der Waals surface area contributed by atoms with Crippen molar-refractivity contribution >= 4 is 23.5 Å². The van der Waals surface area contributed by atoms with Crippen molar-refractivity contribution in [3.63, 3.8) is 0 Å². The fourth-order valence-electron chi connectivity index (χ4n) is 6.91. The number of piperazine rings is 1. The number of morpholine rings is 1. The summed E-state index contributed by atoms with van der Waals surface area (Å²) in [4.78, 5) is 40.9. The molecule has 2 fully saturated rings. The third kappa shape index (κ3) is 8.38. The lowest BCUT2D eigenvalue weighted by Crippen LogP contribution is -2.65. The number of anilines is 2. The first kappa shape index (κ1) is 35.8. The van der Waals surface area contributed by atoms with Crippen LogP contribution in [0.1, 0.15) is 66.5 Å². The molecule has 264 valence electrons. The third-order valence-corrected chi connectivity index (χ3v) is 9.32. The number of hydrogen-bond donors (Lipinski definition) is 1. The molecule has 2 saturated heterocycles. The first-order valence-corrected chi connectivity index (χ1v) is 17.3. The summed E-state index contributed by atoms with van der Waals surface area (Å²) < 4.78 is 31.3. The summed E-state index contributed by atoms with van der Waals surface area (Å²) >= 11 is 0. The summed E-state index contributed by atoms with van der Waals surface area (Å²) in [7, 11) is 0. The molecule has 0 spiro atoms. The number of rotatable bonds is 8. The molecular formula is C36H53FN6O5. The summed E-state index contributed by atoms with van der Waals surface area (Å²) in [6, 6.07) is 8.38. The fraction of sp³-hybridized carbons (Fsp3) is 0.639. The van der Waals surface area contributed by atoms with Crippen molar-refractivity contribution in [1.82, 2.24) is 19.7 Å². The molecule has 3 aliphatic heterocycles. The van der Waals surface area contributed by atoms with E-state index in [1.807, 2.05) is 57.4 Å². The molecule has 1 N–H and O–H groups in total. The number of fused-ring (bicyclic) bond motifs is 1. The van der Waals surface area contributed by atoms with Crippen molar-refractivity contribution in [2.45, 2.75) is 97.6 Å². The normalized spacial score (nSPS) is 25.3. The Hall–Kier alpha value is -3.48. The Bertz CT molecular complexity index is 1430. The lowest BCUT2D eigenvalue weighted by atomic mass is 10.0. The Kier molecular flexibility index (Phi) is 11.2. The van der Waals surface area contributed by atoms with Crippen molar-refractivity contribution in [1.29, 1.82) is 0 Å². The molecule has 0 radical (unpaired) electrons. The molecule has 12 heteroatoms. The highest BCUT2D eigenvalue weighted by atomic mass is 19.1. The van der Waals surface area contributed by atoms with E-state index in [1.165, 1.54) is 12.1 Å². The number of benzene rings is 1. The van der Waals surface area contributed by atoms with Gasteiger partial charge in [0.2, 0.25) is 11.8 Å². The van der Waals surface area contributed by atoms with Gasteiger partial charge in [0, 0.05) is 62.3 Å². The molecule has 0 aliphatic carbocycles. The molecule has 1 aromatic carbocycles. The molecule has 3 aliphatic rings. The summed E-state index contributed by atoms with van der Waals surface area (Å²) in [5.41, 5.74) is 1.85. The first-order valence-electron chi connectivity index (χ1n) is 17.3. The number of nitrogens with zero attached hydrogens (tertiary/aromatic N) is 5. The number of ether oxygens (including phenoxy) is 3. The maximum atomic E-state index is 14.4. The van der Waals surface area contributed by atoms with Crippen LogP contribution in [-0.2, 0) is 20.7 Å².